The number of ether oxygens (including phenoxy) is 1. The van der Waals surface area contributed by atoms with Crippen LogP contribution in [0.5, 0.6) is 0 Å². The molecule has 5 heteroatoms. The van der Waals surface area contributed by atoms with E-state index in [-0.39, 0.29) is 5.91 Å². The van der Waals surface area contributed by atoms with Crippen molar-refractivity contribution in [2.45, 2.75) is 32.2 Å². The number of nitrogens with two attached hydrogens (primary N) is 1. The van der Waals surface area contributed by atoms with Crippen molar-refractivity contribution in [3.63, 3.8) is 0 Å². The number of amides is 1. The van der Waals surface area contributed by atoms with Crippen LogP contribution in [0.2, 0.25) is 0 Å². The van der Waals surface area contributed by atoms with Gasteiger partial charge in [0.1, 0.15) is 5.54 Å². The molecular formula is C13H27N3O2. The second-order valence-electron chi connectivity index (χ2n) is 4.93. The SMILES string of the molecule is CCOCCN(CC)CC(NC)(C(N)=O)C1CC1. The molecule has 1 aliphatic carbocycles. The van der Waals surface area contributed by atoms with E-state index in [9.17, 15) is 4.79 Å². The van der Waals surface area contributed by atoms with Gasteiger partial charge < -0.3 is 15.8 Å². The first kappa shape index (κ1) is 15.4. The van der Waals surface area contributed by atoms with Gasteiger partial charge in [0.2, 0.25) is 5.91 Å². The first-order valence-corrected chi connectivity index (χ1v) is 6.89. The van der Waals surface area contributed by atoms with Gasteiger partial charge in [0, 0.05) is 19.7 Å². The van der Waals surface area contributed by atoms with Crippen molar-refractivity contribution < 1.29 is 9.53 Å². The molecule has 106 valence electrons. The Hall–Kier alpha value is -0.650. The molecule has 1 rings (SSSR count). The topological polar surface area (TPSA) is 67.6 Å². The molecule has 18 heavy (non-hydrogen) atoms. The van der Waals surface area contributed by atoms with E-state index in [1.807, 2.05) is 14.0 Å². The second-order valence-corrected chi connectivity index (χ2v) is 4.93. The summed E-state index contributed by atoms with van der Waals surface area (Å²) in [5.41, 5.74) is 5.05. The zero-order valence-corrected chi connectivity index (χ0v) is 11.9. The number of likely N-dealkylation sites (N-methyl/N-ethyl adjacent to an activating group) is 2. The number of hydrogen-bond acceptors (Lipinski definition) is 4. The summed E-state index contributed by atoms with van der Waals surface area (Å²) < 4.78 is 5.37. The minimum absolute atomic E-state index is 0.234. The van der Waals surface area contributed by atoms with Crippen molar-refractivity contribution in [3.05, 3.63) is 0 Å². The fourth-order valence-electron chi connectivity index (χ4n) is 2.43. The van der Waals surface area contributed by atoms with Crippen LogP contribution in [0.4, 0.5) is 0 Å². The lowest BCUT2D eigenvalue weighted by Crippen LogP contribution is -2.62. The molecule has 1 amide bonds. The van der Waals surface area contributed by atoms with Gasteiger partial charge in [0.25, 0.3) is 0 Å². The van der Waals surface area contributed by atoms with Gasteiger partial charge in [-0.3, -0.25) is 9.69 Å². The summed E-state index contributed by atoms with van der Waals surface area (Å²) >= 11 is 0. The average molecular weight is 257 g/mol. The summed E-state index contributed by atoms with van der Waals surface area (Å²) in [5, 5.41) is 3.18. The monoisotopic (exact) mass is 257 g/mol. The molecule has 1 atom stereocenters. The Labute approximate surface area is 110 Å². The number of nitrogens with zero attached hydrogens (tertiary/aromatic N) is 1. The lowest BCUT2D eigenvalue weighted by molar-refractivity contribution is -0.126. The second kappa shape index (κ2) is 7.07. The van der Waals surface area contributed by atoms with Crippen LogP contribution in [0.15, 0.2) is 0 Å². The van der Waals surface area contributed by atoms with Gasteiger partial charge in [0.05, 0.1) is 6.61 Å². The standard InChI is InChI=1S/C13H27N3O2/c1-4-16(8-9-18-5-2)10-13(15-3,12(14)17)11-6-7-11/h11,15H,4-10H2,1-3H3,(H2,14,17). The normalized spacial score (nSPS) is 18.9. The minimum Gasteiger partial charge on any atom is -0.380 e. The van der Waals surface area contributed by atoms with Crippen LogP contribution in [0, 0.1) is 5.92 Å². The van der Waals surface area contributed by atoms with Crippen molar-refractivity contribution >= 4 is 5.91 Å². The van der Waals surface area contributed by atoms with Crippen molar-refractivity contribution in [1.82, 2.24) is 10.2 Å². The number of primary amides is 1. The minimum atomic E-state index is -0.567. The summed E-state index contributed by atoms with van der Waals surface area (Å²) in [7, 11) is 1.83. The van der Waals surface area contributed by atoms with Gasteiger partial charge in [-0.25, -0.2) is 0 Å². The highest BCUT2D eigenvalue weighted by Crippen LogP contribution is 2.39. The lowest BCUT2D eigenvalue weighted by Gasteiger charge is -2.35. The van der Waals surface area contributed by atoms with E-state index in [1.54, 1.807) is 0 Å². The van der Waals surface area contributed by atoms with Gasteiger partial charge in [-0.1, -0.05) is 6.92 Å². The summed E-state index contributed by atoms with van der Waals surface area (Å²) in [6.45, 7) is 7.93. The Morgan fingerprint density at radius 2 is 2.17 bits per heavy atom. The third-order valence-electron chi connectivity index (χ3n) is 3.84. The molecule has 3 N–H and O–H groups in total. The summed E-state index contributed by atoms with van der Waals surface area (Å²) in [6, 6.07) is 0. The van der Waals surface area contributed by atoms with Gasteiger partial charge in [-0.05, 0) is 39.3 Å². The maximum Gasteiger partial charge on any atom is 0.239 e. The molecule has 1 saturated carbocycles. The third-order valence-corrected chi connectivity index (χ3v) is 3.84. The number of carbonyl (C=O) groups is 1. The highest BCUT2D eigenvalue weighted by Gasteiger charge is 2.49. The summed E-state index contributed by atoms with van der Waals surface area (Å²) in [4.78, 5) is 14.0. The van der Waals surface area contributed by atoms with Crippen molar-refractivity contribution in [3.8, 4) is 0 Å². The fraction of sp³-hybridized carbons (Fsp3) is 0.923. The number of carbonyl (C=O) groups excluding carboxylic acids is 1. The molecule has 0 aromatic heterocycles. The molecule has 1 fully saturated rings. The Morgan fingerprint density at radius 1 is 1.50 bits per heavy atom. The molecule has 0 aromatic rings. The van der Waals surface area contributed by atoms with Crippen LogP contribution in [-0.4, -0.2) is 56.2 Å². The maximum absolute atomic E-state index is 11.8. The largest absolute Gasteiger partial charge is 0.380 e. The summed E-state index contributed by atoms with van der Waals surface area (Å²) in [6.07, 6.45) is 2.18. The van der Waals surface area contributed by atoms with E-state index in [2.05, 4.69) is 17.1 Å². The van der Waals surface area contributed by atoms with Gasteiger partial charge in [-0.15, -0.1) is 0 Å². The first-order chi connectivity index (χ1) is 8.60. The zero-order valence-electron chi connectivity index (χ0n) is 11.9. The van der Waals surface area contributed by atoms with Crippen LogP contribution >= 0.6 is 0 Å². The van der Waals surface area contributed by atoms with E-state index >= 15 is 0 Å². The van der Waals surface area contributed by atoms with Gasteiger partial charge in [-0.2, -0.15) is 0 Å². The van der Waals surface area contributed by atoms with Crippen LogP contribution in [-0.2, 0) is 9.53 Å². The third kappa shape index (κ3) is 3.67. The molecule has 0 aromatic carbocycles. The van der Waals surface area contributed by atoms with Crippen LogP contribution in [0.25, 0.3) is 0 Å². The van der Waals surface area contributed by atoms with E-state index in [0.717, 1.165) is 32.5 Å². The molecule has 0 spiro atoms. The van der Waals surface area contributed by atoms with Gasteiger partial charge in [0.15, 0.2) is 0 Å². The predicted octanol–water partition coefficient (Wildman–Crippen LogP) is 0.198. The Kier molecular flexibility index (Phi) is 6.05. The quantitative estimate of drug-likeness (QED) is 0.549. The average Bonchev–Trinajstić information content (AvgIpc) is 3.18. The Morgan fingerprint density at radius 3 is 2.56 bits per heavy atom. The molecule has 1 aliphatic rings. The Bertz CT molecular complexity index is 269. The Balaban J connectivity index is 2.59. The van der Waals surface area contributed by atoms with E-state index in [1.165, 1.54) is 0 Å². The molecule has 1 unspecified atom stereocenters. The number of hydrogen-bond donors (Lipinski definition) is 2. The fourth-order valence-corrected chi connectivity index (χ4v) is 2.43. The number of rotatable bonds is 10. The molecule has 0 heterocycles. The van der Waals surface area contributed by atoms with E-state index < -0.39 is 5.54 Å². The smallest absolute Gasteiger partial charge is 0.239 e. The molecule has 0 saturated heterocycles. The molecule has 5 nitrogen and oxygen atoms in total. The molecular weight excluding hydrogens is 230 g/mol. The van der Waals surface area contributed by atoms with E-state index in [0.29, 0.717) is 19.1 Å². The molecule has 0 bridgehead atoms. The highest BCUT2D eigenvalue weighted by atomic mass is 16.5. The summed E-state index contributed by atoms with van der Waals surface area (Å²) in [5.74, 6) is 0.156. The predicted molar refractivity (Wildman–Crippen MR) is 72.3 cm³/mol. The van der Waals surface area contributed by atoms with Crippen LogP contribution in [0.1, 0.15) is 26.7 Å². The number of nitrogens with one attached hydrogen (secondary N) is 1. The highest BCUT2D eigenvalue weighted by molar-refractivity contribution is 5.85. The van der Waals surface area contributed by atoms with Crippen LogP contribution in [0.3, 0.4) is 0 Å². The van der Waals surface area contributed by atoms with Gasteiger partial charge >= 0.3 is 0 Å². The van der Waals surface area contributed by atoms with Crippen molar-refractivity contribution in [2.24, 2.45) is 11.7 Å². The molecule has 0 radical (unpaired) electrons. The first-order valence-electron chi connectivity index (χ1n) is 6.89. The lowest BCUT2D eigenvalue weighted by atomic mass is 9.91. The van der Waals surface area contributed by atoms with Crippen LogP contribution < -0.4 is 11.1 Å². The van der Waals surface area contributed by atoms with E-state index in [4.69, 9.17) is 10.5 Å². The molecule has 0 aliphatic heterocycles. The van der Waals surface area contributed by atoms with Crippen molar-refractivity contribution in [1.29, 1.82) is 0 Å². The maximum atomic E-state index is 11.8. The van der Waals surface area contributed by atoms with Crippen molar-refractivity contribution in [2.75, 3.05) is 39.9 Å². The zero-order chi connectivity index (χ0) is 13.6.